The molecule has 5 nitrogen and oxygen atoms in total. The van der Waals surface area contributed by atoms with Crippen LogP contribution in [-0.4, -0.2) is 35.8 Å². The molecular weight excluding hydrogens is 314 g/mol. The summed E-state index contributed by atoms with van der Waals surface area (Å²) < 4.78 is 0. The molecule has 4 unspecified atom stereocenters. The van der Waals surface area contributed by atoms with Gasteiger partial charge in [0.15, 0.2) is 0 Å². The molecule has 136 valence electrons. The van der Waals surface area contributed by atoms with Crippen LogP contribution >= 0.6 is 0 Å². The molecule has 3 N–H and O–H groups in total. The van der Waals surface area contributed by atoms with E-state index in [1.807, 2.05) is 42.2 Å². The van der Waals surface area contributed by atoms with Crippen molar-refractivity contribution in [1.29, 1.82) is 0 Å². The van der Waals surface area contributed by atoms with Crippen molar-refractivity contribution in [2.45, 2.75) is 51.1 Å². The SMILES string of the molecule is CC(c1ccccc1)N1CC(C(=O)NC2CCCCC2CN)CC1=O. The van der Waals surface area contributed by atoms with Crippen molar-refractivity contribution in [3.8, 4) is 0 Å². The Morgan fingerprint density at radius 2 is 2.00 bits per heavy atom. The Labute approximate surface area is 150 Å². The summed E-state index contributed by atoms with van der Waals surface area (Å²) in [5.74, 6) is 0.199. The Bertz CT molecular complexity index is 604. The highest BCUT2D eigenvalue weighted by molar-refractivity contribution is 5.89. The maximum absolute atomic E-state index is 12.7. The van der Waals surface area contributed by atoms with Crippen molar-refractivity contribution in [3.63, 3.8) is 0 Å². The number of nitrogens with zero attached hydrogens (tertiary/aromatic N) is 1. The number of hydrogen-bond acceptors (Lipinski definition) is 3. The largest absolute Gasteiger partial charge is 0.353 e. The maximum atomic E-state index is 12.7. The fraction of sp³-hybridized carbons (Fsp3) is 0.600. The summed E-state index contributed by atoms with van der Waals surface area (Å²) in [5.41, 5.74) is 6.96. The summed E-state index contributed by atoms with van der Waals surface area (Å²) in [6, 6.07) is 10.1. The van der Waals surface area contributed by atoms with Gasteiger partial charge in [0.2, 0.25) is 11.8 Å². The normalized spacial score (nSPS) is 28.0. The van der Waals surface area contributed by atoms with Crippen molar-refractivity contribution in [2.24, 2.45) is 17.6 Å². The second-order valence-electron chi connectivity index (χ2n) is 7.43. The second kappa shape index (κ2) is 8.00. The highest BCUT2D eigenvalue weighted by Gasteiger charge is 2.38. The molecule has 1 heterocycles. The molecular formula is C20H29N3O2. The van der Waals surface area contributed by atoms with Crippen LogP contribution in [0.1, 0.15) is 50.6 Å². The first-order valence-electron chi connectivity index (χ1n) is 9.45. The van der Waals surface area contributed by atoms with Gasteiger partial charge in [-0.2, -0.15) is 0 Å². The third-order valence-corrected chi connectivity index (χ3v) is 5.82. The van der Waals surface area contributed by atoms with Gasteiger partial charge in [-0.05, 0) is 37.8 Å². The summed E-state index contributed by atoms with van der Waals surface area (Å²) in [6.07, 6.45) is 4.73. The van der Waals surface area contributed by atoms with Gasteiger partial charge >= 0.3 is 0 Å². The first kappa shape index (κ1) is 17.9. The molecule has 2 amide bonds. The minimum atomic E-state index is -0.251. The topological polar surface area (TPSA) is 75.4 Å². The van der Waals surface area contributed by atoms with Gasteiger partial charge in [0.05, 0.1) is 12.0 Å². The van der Waals surface area contributed by atoms with Crippen LogP contribution in [0.2, 0.25) is 0 Å². The van der Waals surface area contributed by atoms with E-state index in [-0.39, 0.29) is 29.8 Å². The van der Waals surface area contributed by atoms with Crippen molar-refractivity contribution < 1.29 is 9.59 Å². The molecule has 0 aromatic heterocycles. The van der Waals surface area contributed by atoms with Gasteiger partial charge in [0.25, 0.3) is 0 Å². The number of nitrogens with one attached hydrogen (secondary N) is 1. The molecule has 2 aliphatic rings. The Balaban J connectivity index is 1.60. The Hall–Kier alpha value is -1.88. The minimum absolute atomic E-state index is 0.00188. The molecule has 1 saturated carbocycles. The molecule has 3 rings (SSSR count). The van der Waals surface area contributed by atoms with Crippen molar-refractivity contribution in [1.82, 2.24) is 10.2 Å². The highest BCUT2D eigenvalue weighted by atomic mass is 16.2. The zero-order chi connectivity index (χ0) is 17.8. The number of carbonyl (C=O) groups excluding carboxylic acids is 2. The molecule has 5 heteroatoms. The van der Waals surface area contributed by atoms with Gasteiger partial charge in [-0.15, -0.1) is 0 Å². The van der Waals surface area contributed by atoms with Crippen LogP contribution in [0, 0.1) is 11.8 Å². The lowest BCUT2D eigenvalue weighted by atomic mass is 9.84. The monoisotopic (exact) mass is 343 g/mol. The quantitative estimate of drug-likeness (QED) is 0.861. The molecule has 1 aromatic carbocycles. The smallest absolute Gasteiger partial charge is 0.225 e. The number of benzene rings is 1. The number of amides is 2. The summed E-state index contributed by atoms with van der Waals surface area (Å²) in [5, 5.41) is 3.18. The van der Waals surface area contributed by atoms with E-state index in [2.05, 4.69) is 5.32 Å². The molecule has 25 heavy (non-hydrogen) atoms. The molecule has 0 bridgehead atoms. The van der Waals surface area contributed by atoms with E-state index in [9.17, 15) is 9.59 Å². The van der Waals surface area contributed by atoms with E-state index in [1.54, 1.807) is 0 Å². The first-order valence-corrected chi connectivity index (χ1v) is 9.45. The summed E-state index contributed by atoms with van der Waals surface area (Å²) in [4.78, 5) is 27.0. The summed E-state index contributed by atoms with van der Waals surface area (Å²) in [6.45, 7) is 3.14. The average Bonchev–Trinajstić information content (AvgIpc) is 3.04. The molecule has 1 aliphatic carbocycles. The van der Waals surface area contributed by atoms with Crippen molar-refractivity contribution >= 4 is 11.8 Å². The lowest BCUT2D eigenvalue weighted by molar-refractivity contribution is -0.130. The Morgan fingerprint density at radius 1 is 1.28 bits per heavy atom. The number of likely N-dealkylation sites (tertiary alicyclic amines) is 1. The summed E-state index contributed by atoms with van der Waals surface area (Å²) >= 11 is 0. The lowest BCUT2D eigenvalue weighted by Gasteiger charge is -2.32. The van der Waals surface area contributed by atoms with Crippen molar-refractivity contribution in [3.05, 3.63) is 35.9 Å². The van der Waals surface area contributed by atoms with Gasteiger partial charge in [-0.1, -0.05) is 43.2 Å². The molecule has 2 fully saturated rings. The first-order chi connectivity index (χ1) is 12.1. The van der Waals surface area contributed by atoms with E-state index >= 15 is 0 Å². The van der Waals surface area contributed by atoms with Crippen LogP contribution in [0.3, 0.4) is 0 Å². The number of carbonyl (C=O) groups is 2. The van der Waals surface area contributed by atoms with E-state index in [4.69, 9.17) is 5.73 Å². The highest BCUT2D eigenvalue weighted by Crippen LogP contribution is 2.29. The molecule has 1 aromatic rings. The van der Waals surface area contributed by atoms with Gasteiger partial charge in [0, 0.05) is 19.0 Å². The number of hydrogen-bond donors (Lipinski definition) is 2. The predicted molar refractivity (Wildman–Crippen MR) is 97.6 cm³/mol. The molecule has 4 atom stereocenters. The van der Waals surface area contributed by atoms with E-state index in [0.717, 1.165) is 24.8 Å². The zero-order valence-corrected chi connectivity index (χ0v) is 15.0. The predicted octanol–water partition coefficient (Wildman–Crippen LogP) is 2.23. The van der Waals surface area contributed by atoms with Crippen LogP contribution in [0.25, 0.3) is 0 Å². The maximum Gasteiger partial charge on any atom is 0.225 e. The van der Waals surface area contributed by atoms with Crippen LogP contribution in [0.5, 0.6) is 0 Å². The van der Waals surface area contributed by atoms with Gasteiger partial charge in [-0.25, -0.2) is 0 Å². The molecule has 0 spiro atoms. The van der Waals surface area contributed by atoms with Gasteiger partial charge < -0.3 is 16.0 Å². The number of rotatable bonds is 5. The molecule has 1 aliphatic heterocycles. The Kier molecular flexibility index (Phi) is 5.74. The summed E-state index contributed by atoms with van der Waals surface area (Å²) in [7, 11) is 0. The van der Waals surface area contributed by atoms with Gasteiger partial charge in [-0.3, -0.25) is 9.59 Å². The third kappa shape index (κ3) is 4.03. The fourth-order valence-corrected chi connectivity index (χ4v) is 4.17. The van der Waals surface area contributed by atoms with Crippen LogP contribution < -0.4 is 11.1 Å². The standard InChI is InChI=1S/C20H29N3O2/c1-14(15-7-3-2-4-8-15)23-13-17(11-19(23)24)20(25)22-18-10-6-5-9-16(18)12-21/h2-4,7-8,14,16-18H,5-6,9-13,21H2,1H3,(H,22,25). The second-order valence-corrected chi connectivity index (χ2v) is 7.43. The third-order valence-electron chi connectivity index (χ3n) is 5.82. The van der Waals surface area contributed by atoms with E-state index < -0.39 is 0 Å². The molecule has 1 saturated heterocycles. The van der Waals surface area contributed by atoms with Gasteiger partial charge in [0.1, 0.15) is 0 Å². The zero-order valence-electron chi connectivity index (χ0n) is 15.0. The van der Waals surface area contributed by atoms with E-state index in [1.165, 1.54) is 6.42 Å². The number of nitrogens with two attached hydrogens (primary N) is 1. The average molecular weight is 343 g/mol. The minimum Gasteiger partial charge on any atom is -0.353 e. The Morgan fingerprint density at radius 3 is 2.72 bits per heavy atom. The van der Waals surface area contributed by atoms with Crippen molar-refractivity contribution in [2.75, 3.05) is 13.1 Å². The van der Waals surface area contributed by atoms with Crippen LogP contribution in [0.4, 0.5) is 0 Å². The van der Waals surface area contributed by atoms with Crippen LogP contribution in [-0.2, 0) is 9.59 Å². The lowest BCUT2D eigenvalue weighted by Crippen LogP contribution is -2.47. The van der Waals surface area contributed by atoms with E-state index in [0.29, 0.717) is 25.4 Å². The fourth-order valence-electron chi connectivity index (χ4n) is 4.17. The molecule has 0 radical (unpaired) electrons. The van der Waals surface area contributed by atoms with Crippen LogP contribution in [0.15, 0.2) is 30.3 Å².